The Kier molecular flexibility index (Phi) is 3.86. The van der Waals surface area contributed by atoms with Crippen LogP contribution in [0.2, 0.25) is 0 Å². The molecule has 0 radical (unpaired) electrons. The molecule has 0 aromatic heterocycles. The molecule has 1 saturated carbocycles. The molecule has 0 amide bonds. The average Bonchev–Trinajstić information content (AvgIpc) is 2.29. The summed E-state index contributed by atoms with van der Waals surface area (Å²) in [5.74, 6) is 0.0690. The Labute approximate surface area is 95.9 Å². The van der Waals surface area contributed by atoms with Crippen molar-refractivity contribution in [2.75, 3.05) is 0 Å². The zero-order valence-electron chi connectivity index (χ0n) is 9.06. The van der Waals surface area contributed by atoms with Crippen molar-refractivity contribution in [1.29, 1.82) is 0 Å². The summed E-state index contributed by atoms with van der Waals surface area (Å²) in [6, 6.07) is -0.627. The third kappa shape index (κ3) is 2.40. The molecule has 4 nitrogen and oxygen atoms in total. The number of carbonyl (C=O) groups is 1. The van der Waals surface area contributed by atoms with E-state index >= 15 is 0 Å². The zero-order chi connectivity index (χ0) is 11.5. The predicted molar refractivity (Wildman–Crippen MR) is 59.9 cm³/mol. The Hall–Kier alpha value is -0.560. The van der Waals surface area contributed by atoms with Gasteiger partial charge in [0.05, 0.1) is 0 Å². The SMILES string of the molecule is O=P#CC1NC(C(=O)O)CC2CCCCC21. The number of rotatable bonds is 1. The number of carboxylic acid groups (broad SMARTS) is 1. The van der Waals surface area contributed by atoms with Gasteiger partial charge in [-0.15, -0.1) is 0 Å². The maximum absolute atomic E-state index is 11.0. The molecule has 1 aliphatic heterocycles. The van der Waals surface area contributed by atoms with E-state index in [-0.39, 0.29) is 14.0 Å². The van der Waals surface area contributed by atoms with E-state index in [1.165, 1.54) is 12.8 Å². The summed E-state index contributed by atoms with van der Waals surface area (Å²) in [5, 5.41) is 12.1. The van der Waals surface area contributed by atoms with Gasteiger partial charge < -0.3 is 0 Å². The third-order valence-electron chi connectivity index (χ3n) is 3.81. The third-order valence-corrected chi connectivity index (χ3v) is 4.19. The summed E-state index contributed by atoms with van der Waals surface area (Å²) in [5.41, 5.74) is 2.81. The van der Waals surface area contributed by atoms with Crippen molar-refractivity contribution < 1.29 is 14.5 Å². The molecule has 1 heterocycles. The number of hydrogen-bond donors (Lipinski definition) is 2. The Bertz CT molecular complexity index is 378. The molecule has 0 spiro atoms. The van der Waals surface area contributed by atoms with Crippen LogP contribution < -0.4 is 5.32 Å². The normalized spacial score (nSPS) is 38.2. The number of piperidine rings is 1. The van der Waals surface area contributed by atoms with Gasteiger partial charge in [-0.3, -0.25) is 0 Å². The molecular formula is C11H16NO3P. The van der Waals surface area contributed by atoms with E-state index in [4.69, 9.17) is 5.11 Å². The monoisotopic (exact) mass is 241 g/mol. The van der Waals surface area contributed by atoms with Crippen molar-refractivity contribution >= 4 is 13.9 Å². The van der Waals surface area contributed by atoms with E-state index in [0.717, 1.165) is 12.8 Å². The van der Waals surface area contributed by atoms with Gasteiger partial charge in [0.1, 0.15) is 0 Å². The minimum absolute atomic E-state index is 0.126. The fourth-order valence-corrected chi connectivity index (χ4v) is 3.42. The second-order valence-electron chi connectivity index (χ2n) is 4.70. The summed E-state index contributed by atoms with van der Waals surface area (Å²) < 4.78 is 10.6. The number of fused-ring (bicyclic) bond motifs is 1. The number of aliphatic carboxylic acids is 1. The topological polar surface area (TPSA) is 66.4 Å². The first-order valence-corrected chi connectivity index (χ1v) is 6.60. The maximum atomic E-state index is 11.0. The van der Waals surface area contributed by atoms with Crippen LogP contribution in [0.3, 0.4) is 0 Å². The predicted octanol–water partition coefficient (Wildman–Crippen LogP) is 1.86. The number of hydrogen-bond acceptors (Lipinski definition) is 3. The summed E-state index contributed by atoms with van der Waals surface area (Å²) in [4.78, 5) is 11.0. The van der Waals surface area contributed by atoms with Crippen LogP contribution in [0.15, 0.2) is 0 Å². The Morgan fingerprint density at radius 3 is 2.81 bits per heavy atom. The first-order valence-electron chi connectivity index (χ1n) is 5.79. The van der Waals surface area contributed by atoms with Gasteiger partial charge in [-0.25, -0.2) is 0 Å². The summed E-state index contributed by atoms with van der Waals surface area (Å²) >= 11 is 0. The molecule has 2 fully saturated rings. The van der Waals surface area contributed by atoms with Gasteiger partial charge in [0.15, 0.2) is 0 Å². The quantitative estimate of drug-likeness (QED) is 0.688. The fraction of sp³-hybridized carbons (Fsp3) is 0.818. The van der Waals surface area contributed by atoms with Crippen LogP contribution in [0, 0.1) is 17.5 Å². The van der Waals surface area contributed by atoms with Crippen molar-refractivity contribution in [2.45, 2.75) is 44.2 Å². The second-order valence-corrected chi connectivity index (χ2v) is 5.14. The van der Waals surface area contributed by atoms with Crippen LogP contribution in [-0.2, 0) is 9.36 Å². The van der Waals surface area contributed by atoms with Crippen molar-refractivity contribution in [3.8, 4) is 5.63 Å². The van der Waals surface area contributed by atoms with Crippen LogP contribution in [0.25, 0.3) is 0 Å². The van der Waals surface area contributed by atoms with Gasteiger partial charge in [0, 0.05) is 0 Å². The van der Waals surface area contributed by atoms with Crippen molar-refractivity contribution in [3.63, 3.8) is 0 Å². The first-order chi connectivity index (χ1) is 7.72. The molecular weight excluding hydrogens is 225 g/mol. The van der Waals surface area contributed by atoms with Crippen LogP contribution in [0.1, 0.15) is 32.1 Å². The van der Waals surface area contributed by atoms with Crippen LogP contribution >= 0.6 is 7.92 Å². The standard InChI is InChI=1S/C11H16NO3P/c13-11(14)9-5-7-3-1-2-4-8(7)10(12-9)6-16-15/h7-10,12H,1-5H2,(H,13,14). The molecule has 16 heavy (non-hydrogen) atoms. The molecule has 0 aromatic rings. The molecule has 5 heteroatoms. The van der Waals surface area contributed by atoms with Gasteiger partial charge in [-0.1, -0.05) is 0 Å². The van der Waals surface area contributed by atoms with Gasteiger partial charge >= 0.3 is 95.3 Å². The molecule has 2 rings (SSSR count). The summed E-state index contributed by atoms with van der Waals surface area (Å²) in [6.07, 6.45) is 5.28. The van der Waals surface area contributed by atoms with E-state index in [2.05, 4.69) is 10.9 Å². The molecule has 4 atom stereocenters. The fourth-order valence-electron chi connectivity index (χ4n) is 3.04. The first kappa shape index (κ1) is 11.9. The van der Waals surface area contributed by atoms with E-state index in [1.54, 1.807) is 0 Å². The summed E-state index contributed by atoms with van der Waals surface area (Å²) in [7, 11) is -0.129. The van der Waals surface area contributed by atoms with Crippen molar-refractivity contribution in [2.24, 2.45) is 11.8 Å². The molecule has 2 N–H and O–H groups in total. The van der Waals surface area contributed by atoms with Gasteiger partial charge in [-0.2, -0.15) is 0 Å². The molecule has 1 aliphatic carbocycles. The van der Waals surface area contributed by atoms with Crippen molar-refractivity contribution in [1.82, 2.24) is 5.32 Å². The summed E-state index contributed by atoms with van der Waals surface area (Å²) in [6.45, 7) is 0. The molecule has 88 valence electrons. The number of carboxylic acids is 1. The molecule has 0 bridgehead atoms. The van der Waals surface area contributed by atoms with Gasteiger partial charge in [0.2, 0.25) is 0 Å². The van der Waals surface area contributed by atoms with Crippen LogP contribution in [0.5, 0.6) is 0 Å². The molecule has 4 unspecified atom stereocenters. The molecule has 1 saturated heterocycles. The van der Waals surface area contributed by atoms with Crippen LogP contribution in [-0.4, -0.2) is 23.2 Å². The zero-order valence-corrected chi connectivity index (χ0v) is 9.95. The van der Waals surface area contributed by atoms with Crippen LogP contribution in [0.4, 0.5) is 0 Å². The minimum atomic E-state index is -0.807. The number of nitrogens with one attached hydrogen (secondary N) is 1. The van der Waals surface area contributed by atoms with E-state index in [9.17, 15) is 9.36 Å². The molecule has 0 aromatic carbocycles. The van der Waals surface area contributed by atoms with Crippen molar-refractivity contribution in [3.05, 3.63) is 0 Å². The Morgan fingerprint density at radius 2 is 2.12 bits per heavy atom. The Balaban J connectivity index is 2.16. The average molecular weight is 241 g/mol. The van der Waals surface area contributed by atoms with Gasteiger partial charge in [-0.05, 0) is 0 Å². The van der Waals surface area contributed by atoms with Gasteiger partial charge in [0.25, 0.3) is 0 Å². The molecule has 2 aliphatic rings. The second kappa shape index (κ2) is 5.18. The Morgan fingerprint density at radius 1 is 1.38 bits per heavy atom. The van der Waals surface area contributed by atoms with E-state index in [1.807, 2.05) is 0 Å². The van der Waals surface area contributed by atoms with E-state index < -0.39 is 12.0 Å². The van der Waals surface area contributed by atoms with E-state index in [0.29, 0.717) is 18.3 Å².